The van der Waals surface area contributed by atoms with E-state index < -0.39 is 5.97 Å². The summed E-state index contributed by atoms with van der Waals surface area (Å²) < 4.78 is 0. The Kier molecular flexibility index (Phi) is 4.48. The van der Waals surface area contributed by atoms with Gasteiger partial charge in [0.2, 0.25) is 0 Å². The highest BCUT2D eigenvalue weighted by Gasteiger charge is 2.25. The normalized spacial score (nSPS) is 15.8. The summed E-state index contributed by atoms with van der Waals surface area (Å²) in [7, 11) is 0. The summed E-state index contributed by atoms with van der Waals surface area (Å²) in [6.07, 6.45) is 1.61. The highest BCUT2D eigenvalue weighted by atomic mass is 35.5. The highest BCUT2D eigenvalue weighted by molar-refractivity contribution is 6.31. The maximum atomic E-state index is 12.6. The number of piperidine rings is 1. The Labute approximate surface area is 138 Å². The third kappa shape index (κ3) is 3.62. The third-order valence-electron chi connectivity index (χ3n) is 4.24. The fraction of sp³-hybridized carbons (Fsp3) is 0.353. The van der Waals surface area contributed by atoms with Crippen molar-refractivity contribution in [3.05, 3.63) is 41.0 Å². The van der Waals surface area contributed by atoms with Crippen molar-refractivity contribution in [1.82, 2.24) is 9.88 Å². The van der Waals surface area contributed by atoms with Gasteiger partial charge < -0.3 is 10.0 Å². The SMILES string of the molecule is O=C(O)CC1CCN(C(=O)c2ccc3ccc(Cl)cc3n2)CC1. The Morgan fingerprint density at radius 2 is 1.91 bits per heavy atom. The number of pyridine rings is 1. The van der Waals surface area contributed by atoms with Crippen LogP contribution in [0.15, 0.2) is 30.3 Å². The van der Waals surface area contributed by atoms with Crippen LogP contribution in [0.5, 0.6) is 0 Å². The van der Waals surface area contributed by atoms with Crippen LogP contribution < -0.4 is 0 Å². The van der Waals surface area contributed by atoms with E-state index in [1.807, 2.05) is 12.1 Å². The third-order valence-corrected chi connectivity index (χ3v) is 4.47. The van der Waals surface area contributed by atoms with Crippen molar-refractivity contribution in [1.29, 1.82) is 0 Å². The van der Waals surface area contributed by atoms with Gasteiger partial charge in [0, 0.05) is 29.9 Å². The number of fused-ring (bicyclic) bond motifs is 1. The van der Waals surface area contributed by atoms with E-state index in [0.29, 0.717) is 29.3 Å². The number of hydrogen-bond acceptors (Lipinski definition) is 3. The molecule has 1 aliphatic heterocycles. The smallest absolute Gasteiger partial charge is 0.303 e. The molecule has 0 atom stereocenters. The van der Waals surface area contributed by atoms with Crippen molar-refractivity contribution in [3.63, 3.8) is 0 Å². The first-order valence-electron chi connectivity index (χ1n) is 7.60. The van der Waals surface area contributed by atoms with E-state index in [0.717, 1.165) is 18.2 Å². The van der Waals surface area contributed by atoms with Crippen molar-refractivity contribution >= 4 is 34.4 Å². The molecule has 1 aliphatic rings. The number of carboxylic acid groups (broad SMARTS) is 1. The summed E-state index contributed by atoms with van der Waals surface area (Å²) in [5, 5.41) is 10.4. The number of rotatable bonds is 3. The van der Waals surface area contributed by atoms with E-state index in [2.05, 4.69) is 4.98 Å². The monoisotopic (exact) mass is 332 g/mol. The van der Waals surface area contributed by atoms with Crippen LogP contribution in [0.3, 0.4) is 0 Å². The van der Waals surface area contributed by atoms with Crippen LogP contribution in [0.2, 0.25) is 5.02 Å². The van der Waals surface area contributed by atoms with Crippen molar-refractivity contribution in [2.75, 3.05) is 13.1 Å². The summed E-state index contributed by atoms with van der Waals surface area (Å²) in [6, 6.07) is 8.99. The molecule has 1 aromatic heterocycles. The molecule has 2 aromatic rings. The Balaban J connectivity index is 1.72. The fourth-order valence-corrected chi connectivity index (χ4v) is 3.12. The predicted octanol–water partition coefficient (Wildman–Crippen LogP) is 3.22. The van der Waals surface area contributed by atoms with Gasteiger partial charge in [-0.2, -0.15) is 0 Å². The zero-order valence-electron chi connectivity index (χ0n) is 12.5. The predicted molar refractivity (Wildman–Crippen MR) is 87.6 cm³/mol. The van der Waals surface area contributed by atoms with Crippen LogP contribution in [0.1, 0.15) is 29.8 Å². The Morgan fingerprint density at radius 3 is 2.61 bits per heavy atom. The molecule has 0 aliphatic carbocycles. The van der Waals surface area contributed by atoms with E-state index in [-0.39, 0.29) is 18.2 Å². The molecule has 0 bridgehead atoms. The lowest BCUT2D eigenvalue weighted by molar-refractivity contribution is -0.138. The van der Waals surface area contributed by atoms with Crippen molar-refractivity contribution < 1.29 is 14.7 Å². The molecule has 1 amide bonds. The number of halogens is 1. The summed E-state index contributed by atoms with van der Waals surface area (Å²) in [5.74, 6) is -0.733. The van der Waals surface area contributed by atoms with Gasteiger partial charge in [-0.25, -0.2) is 4.98 Å². The van der Waals surface area contributed by atoms with Crippen LogP contribution in [-0.4, -0.2) is 40.0 Å². The van der Waals surface area contributed by atoms with Crippen LogP contribution >= 0.6 is 11.6 Å². The Hall–Kier alpha value is -2.14. The molecule has 1 aromatic carbocycles. The number of aliphatic carboxylic acids is 1. The number of aromatic nitrogens is 1. The summed E-state index contributed by atoms with van der Waals surface area (Å²) >= 11 is 5.97. The van der Waals surface area contributed by atoms with Gasteiger partial charge in [0.25, 0.3) is 5.91 Å². The summed E-state index contributed by atoms with van der Waals surface area (Å²) in [6.45, 7) is 1.15. The van der Waals surface area contributed by atoms with Crippen LogP contribution in [0.4, 0.5) is 0 Å². The number of carbonyl (C=O) groups excluding carboxylic acids is 1. The maximum absolute atomic E-state index is 12.6. The van der Waals surface area contributed by atoms with E-state index in [1.165, 1.54) is 0 Å². The van der Waals surface area contributed by atoms with Gasteiger partial charge in [-0.1, -0.05) is 23.7 Å². The first-order valence-corrected chi connectivity index (χ1v) is 7.98. The molecule has 23 heavy (non-hydrogen) atoms. The van der Waals surface area contributed by atoms with Crippen LogP contribution in [0.25, 0.3) is 10.9 Å². The number of benzene rings is 1. The molecule has 1 N–H and O–H groups in total. The number of nitrogens with zero attached hydrogens (tertiary/aromatic N) is 2. The van der Waals surface area contributed by atoms with Gasteiger partial charge in [-0.15, -0.1) is 0 Å². The molecule has 0 unspecified atom stereocenters. The first kappa shape index (κ1) is 15.7. The molecule has 120 valence electrons. The average molecular weight is 333 g/mol. The second-order valence-corrected chi connectivity index (χ2v) is 6.30. The molecular weight excluding hydrogens is 316 g/mol. The quantitative estimate of drug-likeness (QED) is 0.936. The van der Waals surface area contributed by atoms with Gasteiger partial charge in [0.1, 0.15) is 5.69 Å². The van der Waals surface area contributed by atoms with Gasteiger partial charge in [0.05, 0.1) is 5.52 Å². The zero-order chi connectivity index (χ0) is 16.4. The minimum atomic E-state index is -0.775. The van der Waals surface area contributed by atoms with E-state index in [4.69, 9.17) is 16.7 Å². The number of likely N-dealkylation sites (tertiary alicyclic amines) is 1. The highest BCUT2D eigenvalue weighted by Crippen LogP contribution is 2.23. The summed E-state index contributed by atoms with van der Waals surface area (Å²) in [5.41, 5.74) is 1.10. The molecule has 3 rings (SSSR count). The molecule has 5 nitrogen and oxygen atoms in total. The molecule has 0 radical (unpaired) electrons. The van der Waals surface area contributed by atoms with Crippen molar-refractivity contribution in [2.45, 2.75) is 19.3 Å². The van der Waals surface area contributed by atoms with Gasteiger partial charge in [-0.05, 0) is 37.0 Å². The van der Waals surface area contributed by atoms with Gasteiger partial charge in [-0.3, -0.25) is 9.59 Å². The lowest BCUT2D eigenvalue weighted by Crippen LogP contribution is -2.39. The lowest BCUT2D eigenvalue weighted by atomic mass is 9.93. The molecule has 0 saturated carbocycles. The van der Waals surface area contributed by atoms with Gasteiger partial charge >= 0.3 is 5.97 Å². The largest absolute Gasteiger partial charge is 0.481 e. The zero-order valence-corrected chi connectivity index (χ0v) is 13.3. The lowest BCUT2D eigenvalue weighted by Gasteiger charge is -2.31. The van der Waals surface area contributed by atoms with Crippen molar-refractivity contribution in [3.8, 4) is 0 Å². The Morgan fingerprint density at radius 1 is 1.22 bits per heavy atom. The number of amides is 1. The van der Waals surface area contributed by atoms with Gasteiger partial charge in [0.15, 0.2) is 0 Å². The minimum Gasteiger partial charge on any atom is -0.481 e. The standard InChI is InChI=1S/C17H17ClN2O3/c18-13-3-1-12-2-4-14(19-15(12)10-13)17(23)20-7-5-11(6-8-20)9-16(21)22/h1-4,10-11H,5-9H2,(H,21,22). The minimum absolute atomic E-state index is 0.111. The average Bonchev–Trinajstić information content (AvgIpc) is 2.53. The Bertz CT molecular complexity index is 755. The van der Waals surface area contributed by atoms with Crippen LogP contribution in [-0.2, 0) is 4.79 Å². The molecule has 2 heterocycles. The molecule has 1 fully saturated rings. The molecular formula is C17H17ClN2O3. The van der Waals surface area contributed by atoms with E-state index >= 15 is 0 Å². The fourth-order valence-electron chi connectivity index (χ4n) is 2.96. The number of carbonyl (C=O) groups is 2. The first-order chi connectivity index (χ1) is 11.0. The van der Waals surface area contributed by atoms with Crippen molar-refractivity contribution in [2.24, 2.45) is 5.92 Å². The second kappa shape index (κ2) is 6.54. The second-order valence-electron chi connectivity index (χ2n) is 5.87. The molecule has 1 saturated heterocycles. The number of carboxylic acids is 1. The topological polar surface area (TPSA) is 70.5 Å². The molecule has 0 spiro atoms. The number of hydrogen-bond donors (Lipinski definition) is 1. The van der Waals surface area contributed by atoms with Crippen LogP contribution in [0, 0.1) is 5.92 Å². The van der Waals surface area contributed by atoms with E-state index in [9.17, 15) is 9.59 Å². The summed E-state index contributed by atoms with van der Waals surface area (Å²) in [4.78, 5) is 29.5. The maximum Gasteiger partial charge on any atom is 0.303 e. The van der Waals surface area contributed by atoms with E-state index in [1.54, 1.807) is 23.1 Å². The molecule has 6 heteroatoms.